The maximum atomic E-state index is 11.2. The second-order valence-corrected chi connectivity index (χ2v) is 4.39. The molecule has 5 nitrogen and oxygen atoms in total. The van der Waals surface area contributed by atoms with E-state index in [1.165, 1.54) is 0 Å². The van der Waals surface area contributed by atoms with Gasteiger partial charge in [-0.05, 0) is 32.9 Å². The van der Waals surface area contributed by atoms with Crippen LogP contribution in [0.3, 0.4) is 0 Å². The fourth-order valence-corrected chi connectivity index (χ4v) is 2.10. The predicted molar refractivity (Wildman–Crippen MR) is 57.7 cm³/mol. The molecular weight excluding hydrogens is 206 g/mol. The maximum absolute atomic E-state index is 11.2. The van der Waals surface area contributed by atoms with Gasteiger partial charge in [-0.2, -0.15) is 4.98 Å². The van der Waals surface area contributed by atoms with Gasteiger partial charge in [0.15, 0.2) is 5.82 Å². The molecule has 0 radical (unpaired) electrons. The normalized spacial score (nSPS) is 18.9. The highest BCUT2D eigenvalue weighted by molar-refractivity contribution is 5.78. The highest BCUT2D eigenvalue weighted by atomic mass is 16.5. The Bertz CT molecular complexity index is 367. The van der Waals surface area contributed by atoms with E-state index in [0.717, 1.165) is 38.3 Å². The number of nitrogens with zero attached hydrogens (tertiary/aromatic N) is 3. The van der Waals surface area contributed by atoms with E-state index in [0.29, 0.717) is 11.7 Å². The molecule has 0 saturated carbocycles. The van der Waals surface area contributed by atoms with Crippen LogP contribution in [0.15, 0.2) is 4.52 Å². The monoisotopic (exact) mass is 223 g/mol. The summed E-state index contributed by atoms with van der Waals surface area (Å²) in [5.41, 5.74) is 0. The zero-order valence-corrected chi connectivity index (χ0v) is 9.77. The summed E-state index contributed by atoms with van der Waals surface area (Å²) >= 11 is 0. The average Bonchev–Trinajstić information content (AvgIpc) is 2.65. The molecule has 0 unspecified atom stereocenters. The van der Waals surface area contributed by atoms with Gasteiger partial charge in [0.1, 0.15) is 5.78 Å². The minimum Gasteiger partial charge on any atom is -0.340 e. The van der Waals surface area contributed by atoms with Crippen LogP contribution in [0.25, 0.3) is 0 Å². The van der Waals surface area contributed by atoms with Gasteiger partial charge >= 0.3 is 0 Å². The van der Waals surface area contributed by atoms with Crippen LogP contribution in [0.5, 0.6) is 0 Å². The molecule has 0 spiro atoms. The lowest BCUT2D eigenvalue weighted by Gasteiger charge is -2.29. The number of hydrogen-bond acceptors (Lipinski definition) is 5. The number of aromatic nitrogens is 2. The van der Waals surface area contributed by atoms with Crippen LogP contribution in [-0.4, -0.2) is 33.9 Å². The molecule has 0 atom stereocenters. The van der Waals surface area contributed by atoms with E-state index < -0.39 is 0 Å². The molecule has 1 aromatic rings. The quantitative estimate of drug-likeness (QED) is 0.770. The summed E-state index contributed by atoms with van der Waals surface area (Å²) in [7, 11) is 0. The van der Waals surface area contributed by atoms with Crippen LogP contribution in [0.4, 0.5) is 0 Å². The van der Waals surface area contributed by atoms with Crippen molar-refractivity contribution in [3.8, 4) is 0 Å². The van der Waals surface area contributed by atoms with Crippen molar-refractivity contribution < 1.29 is 9.32 Å². The molecule has 16 heavy (non-hydrogen) atoms. The minimum absolute atomic E-state index is 0.253. The zero-order valence-electron chi connectivity index (χ0n) is 9.77. The van der Waals surface area contributed by atoms with Gasteiger partial charge < -0.3 is 4.52 Å². The van der Waals surface area contributed by atoms with Crippen molar-refractivity contribution in [3.05, 3.63) is 11.7 Å². The van der Waals surface area contributed by atoms with E-state index >= 15 is 0 Å². The number of carbonyl (C=O) groups is 1. The third kappa shape index (κ3) is 2.66. The SMILES string of the molecule is CC(=O)C1CCN(Cc2noc(C)n2)CC1. The third-order valence-corrected chi connectivity index (χ3v) is 3.10. The van der Waals surface area contributed by atoms with Crippen LogP contribution < -0.4 is 0 Å². The molecule has 0 aliphatic carbocycles. The number of ketones is 1. The number of piperidine rings is 1. The molecule has 0 amide bonds. The van der Waals surface area contributed by atoms with E-state index in [1.807, 2.05) is 0 Å². The molecular formula is C11H17N3O2. The van der Waals surface area contributed by atoms with Crippen molar-refractivity contribution in [2.45, 2.75) is 33.2 Å². The first-order valence-corrected chi connectivity index (χ1v) is 5.67. The molecule has 0 aromatic carbocycles. The van der Waals surface area contributed by atoms with Crippen molar-refractivity contribution >= 4 is 5.78 Å². The molecule has 1 aliphatic heterocycles. The summed E-state index contributed by atoms with van der Waals surface area (Å²) < 4.78 is 4.92. The summed E-state index contributed by atoms with van der Waals surface area (Å²) in [5, 5.41) is 3.87. The van der Waals surface area contributed by atoms with Crippen LogP contribution in [0, 0.1) is 12.8 Å². The van der Waals surface area contributed by atoms with Gasteiger partial charge in [-0.25, -0.2) is 0 Å². The fourth-order valence-electron chi connectivity index (χ4n) is 2.10. The van der Waals surface area contributed by atoms with E-state index in [4.69, 9.17) is 4.52 Å². The van der Waals surface area contributed by atoms with E-state index in [-0.39, 0.29) is 5.92 Å². The van der Waals surface area contributed by atoms with Gasteiger partial charge in [0, 0.05) is 12.8 Å². The van der Waals surface area contributed by atoms with Gasteiger partial charge in [-0.1, -0.05) is 5.16 Å². The van der Waals surface area contributed by atoms with Crippen molar-refractivity contribution in [2.75, 3.05) is 13.1 Å². The molecule has 0 N–H and O–H groups in total. The number of likely N-dealkylation sites (tertiary alicyclic amines) is 1. The van der Waals surface area contributed by atoms with E-state index in [2.05, 4.69) is 15.0 Å². The third-order valence-electron chi connectivity index (χ3n) is 3.10. The Kier molecular flexibility index (Phi) is 3.33. The largest absolute Gasteiger partial charge is 0.340 e. The van der Waals surface area contributed by atoms with Crippen LogP contribution in [-0.2, 0) is 11.3 Å². The van der Waals surface area contributed by atoms with Gasteiger partial charge in [0.25, 0.3) is 0 Å². The Balaban J connectivity index is 1.83. The first kappa shape index (κ1) is 11.3. The molecule has 0 bridgehead atoms. The Morgan fingerprint density at radius 3 is 2.69 bits per heavy atom. The lowest BCUT2D eigenvalue weighted by atomic mass is 9.93. The first-order chi connectivity index (χ1) is 7.65. The molecule has 1 aliphatic rings. The predicted octanol–water partition coefficient (Wildman–Crippen LogP) is 1.18. The lowest BCUT2D eigenvalue weighted by molar-refractivity contribution is -0.122. The Morgan fingerprint density at radius 1 is 1.50 bits per heavy atom. The second-order valence-electron chi connectivity index (χ2n) is 4.39. The molecule has 2 heterocycles. The number of aryl methyl sites for hydroxylation is 1. The first-order valence-electron chi connectivity index (χ1n) is 5.67. The smallest absolute Gasteiger partial charge is 0.223 e. The number of rotatable bonds is 3. The molecule has 2 rings (SSSR count). The molecule has 88 valence electrons. The molecule has 1 fully saturated rings. The van der Waals surface area contributed by atoms with Crippen molar-refractivity contribution in [1.82, 2.24) is 15.0 Å². The lowest BCUT2D eigenvalue weighted by Crippen LogP contribution is -2.35. The topological polar surface area (TPSA) is 59.2 Å². The second kappa shape index (κ2) is 4.74. The van der Waals surface area contributed by atoms with Crippen LogP contribution >= 0.6 is 0 Å². The molecule has 1 aromatic heterocycles. The summed E-state index contributed by atoms with van der Waals surface area (Å²) in [4.78, 5) is 17.6. The maximum Gasteiger partial charge on any atom is 0.223 e. The number of carbonyl (C=O) groups excluding carboxylic acids is 1. The number of Topliss-reactive ketones (excluding diaryl/α,β-unsaturated/α-hetero) is 1. The summed E-state index contributed by atoms with van der Waals surface area (Å²) in [6.07, 6.45) is 1.90. The van der Waals surface area contributed by atoms with Gasteiger partial charge in [0.2, 0.25) is 5.89 Å². The van der Waals surface area contributed by atoms with E-state index in [9.17, 15) is 4.79 Å². The number of hydrogen-bond donors (Lipinski definition) is 0. The highest BCUT2D eigenvalue weighted by Crippen LogP contribution is 2.18. The minimum atomic E-state index is 0.253. The van der Waals surface area contributed by atoms with Gasteiger partial charge in [-0.3, -0.25) is 9.69 Å². The summed E-state index contributed by atoms with van der Waals surface area (Å²) in [6, 6.07) is 0. The van der Waals surface area contributed by atoms with Crippen molar-refractivity contribution in [1.29, 1.82) is 0 Å². The van der Waals surface area contributed by atoms with Crippen LogP contribution in [0.1, 0.15) is 31.5 Å². The Morgan fingerprint density at radius 2 is 2.19 bits per heavy atom. The fraction of sp³-hybridized carbons (Fsp3) is 0.727. The zero-order chi connectivity index (χ0) is 11.5. The Hall–Kier alpha value is -1.23. The standard InChI is InChI=1S/C11H17N3O2/c1-8(15)10-3-5-14(6-4-10)7-11-12-9(2)16-13-11/h10H,3-7H2,1-2H3. The average molecular weight is 223 g/mol. The highest BCUT2D eigenvalue weighted by Gasteiger charge is 2.23. The van der Waals surface area contributed by atoms with E-state index in [1.54, 1.807) is 13.8 Å². The summed E-state index contributed by atoms with van der Waals surface area (Å²) in [6.45, 7) is 6.08. The summed E-state index contributed by atoms with van der Waals surface area (Å²) in [5.74, 6) is 1.91. The van der Waals surface area contributed by atoms with Crippen molar-refractivity contribution in [3.63, 3.8) is 0 Å². The molecule has 1 saturated heterocycles. The van der Waals surface area contributed by atoms with Crippen LogP contribution in [0.2, 0.25) is 0 Å². The van der Waals surface area contributed by atoms with Crippen molar-refractivity contribution in [2.24, 2.45) is 5.92 Å². The molecule has 5 heteroatoms. The van der Waals surface area contributed by atoms with Gasteiger partial charge in [-0.15, -0.1) is 0 Å². The van der Waals surface area contributed by atoms with Gasteiger partial charge in [0.05, 0.1) is 6.54 Å². The Labute approximate surface area is 94.8 Å².